The van der Waals surface area contributed by atoms with Gasteiger partial charge in [-0.05, 0) is 69.7 Å². The summed E-state index contributed by atoms with van der Waals surface area (Å²) < 4.78 is 32.8. The van der Waals surface area contributed by atoms with Crippen LogP contribution in [0.25, 0.3) is 0 Å². The van der Waals surface area contributed by atoms with Crippen molar-refractivity contribution in [3.8, 4) is 5.75 Å². The molecule has 2 N–H and O–H groups in total. The molecular weight excluding hydrogens is 438 g/mol. The molecule has 1 aliphatic rings. The molecule has 1 aromatic carbocycles. The number of nitrogens with one attached hydrogen (secondary N) is 1. The third kappa shape index (κ3) is 5.20. The van der Waals surface area contributed by atoms with Crippen molar-refractivity contribution in [3.05, 3.63) is 53.3 Å². The maximum absolute atomic E-state index is 13.3. The van der Waals surface area contributed by atoms with Crippen LogP contribution in [-0.4, -0.2) is 51.9 Å². The van der Waals surface area contributed by atoms with E-state index in [1.165, 1.54) is 23.9 Å². The number of amides is 1. The zero-order chi connectivity index (χ0) is 22.8. The fourth-order valence-corrected chi connectivity index (χ4v) is 6.84. The van der Waals surface area contributed by atoms with Gasteiger partial charge in [-0.15, -0.1) is 0 Å². The van der Waals surface area contributed by atoms with Gasteiger partial charge in [0.2, 0.25) is 10.0 Å². The predicted molar refractivity (Wildman–Crippen MR) is 119 cm³/mol. The van der Waals surface area contributed by atoms with Crippen molar-refractivity contribution in [3.63, 3.8) is 0 Å². The highest BCUT2D eigenvalue weighted by molar-refractivity contribution is 8.00. The van der Waals surface area contributed by atoms with Gasteiger partial charge in [-0.3, -0.25) is 15.0 Å². The number of benzene rings is 1. The van der Waals surface area contributed by atoms with Crippen molar-refractivity contribution in [2.24, 2.45) is 0 Å². The van der Waals surface area contributed by atoms with Gasteiger partial charge in [-0.1, -0.05) is 0 Å². The normalized spacial score (nSPS) is 19.1. The molecule has 10 heteroatoms. The van der Waals surface area contributed by atoms with E-state index < -0.39 is 26.7 Å². The molecule has 1 unspecified atom stereocenters. The van der Waals surface area contributed by atoms with Crippen molar-refractivity contribution < 1.29 is 23.2 Å². The molecule has 1 aliphatic heterocycles. The summed E-state index contributed by atoms with van der Waals surface area (Å²) in [5.74, 6) is 0.335. The summed E-state index contributed by atoms with van der Waals surface area (Å²) in [4.78, 5) is 16.7. The summed E-state index contributed by atoms with van der Waals surface area (Å²) >= 11 is 1.49. The number of carbonyl (C=O) groups is 1. The van der Waals surface area contributed by atoms with Gasteiger partial charge in [-0.25, -0.2) is 13.9 Å². The summed E-state index contributed by atoms with van der Waals surface area (Å²) in [6.45, 7) is 7.93. The van der Waals surface area contributed by atoms with Crippen LogP contribution in [0, 0.1) is 13.8 Å². The van der Waals surface area contributed by atoms with Gasteiger partial charge in [-0.2, -0.15) is 16.1 Å². The molecule has 0 saturated carbocycles. The number of rotatable bonds is 6. The van der Waals surface area contributed by atoms with E-state index >= 15 is 0 Å². The molecule has 2 heterocycles. The van der Waals surface area contributed by atoms with Gasteiger partial charge in [0.25, 0.3) is 5.91 Å². The molecule has 8 nitrogen and oxygen atoms in total. The third-order valence-electron chi connectivity index (χ3n) is 5.07. The molecule has 0 aliphatic carbocycles. The SMILES string of the molecule is Cc1cc(COc2ccc(S(=O)(=O)N3CCSC(C)(C)C3C(=O)NO)cc2)cc(C)n1. The van der Waals surface area contributed by atoms with Crippen molar-refractivity contribution in [1.29, 1.82) is 0 Å². The lowest BCUT2D eigenvalue weighted by Gasteiger charge is -2.43. The molecule has 3 rings (SSSR count). The van der Waals surface area contributed by atoms with Gasteiger partial charge in [0.15, 0.2) is 0 Å². The fourth-order valence-electron chi connectivity index (χ4n) is 3.73. The lowest BCUT2D eigenvalue weighted by molar-refractivity contribution is -0.134. The number of thioether (sulfide) groups is 1. The molecule has 1 aromatic heterocycles. The molecule has 0 radical (unpaired) electrons. The summed E-state index contributed by atoms with van der Waals surface area (Å²) in [5, 5.41) is 9.15. The highest BCUT2D eigenvalue weighted by Crippen LogP contribution is 2.38. The Kier molecular flexibility index (Phi) is 6.95. The summed E-state index contributed by atoms with van der Waals surface area (Å²) in [6, 6.07) is 8.97. The van der Waals surface area contributed by atoms with Crippen LogP contribution in [0.2, 0.25) is 0 Å². The Balaban J connectivity index is 1.79. The Bertz CT molecular complexity index is 1030. The maximum Gasteiger partial charge on any atom is 0.263 e. The molecule has 0 spiro atoms. The van der Waals surface area contributed by atoms with Crippen molar-refractivity contribution in [2.75, 3.05) is 12.3 Å². The van der Waals surface area contributed by atoms with Gasteiger partial charge >= 0.3 is 0 Å². The van der Waals surface area contributed by atoms with E-state index in [0.717, 1.165) is 21.3 Å². The minimum Gasteiger partial charge on any atom is -0.489 e. The number of hydroxylamine groups is 1. The van der Waals surface area contributed by atoms with Crippen LogP contribution in [0.1, 0.15) is 30.8 Å². The standard InChI is InChI=1S/C21H27N3O5S2/c1-14-11-16(12-15(2)22-14)13-29-17-5-7-18(8-6-17)31(27,28)24-9-10-30-21(3,4)19(24)20(25)23-26/h5-8,11-12,19,26H,9-10,13H2,1-4H3,(H,23,25). The van der Waals surface area contributed by atoms with Gasteiger partial charge < -0.3 is 4.74 Å². The first-order chi connectivity index (χ1) is 14.5. The number of aryl methyl sites for hydroxylation is 2. The smallest absolute Gasteiger partial charge is 0.263 e. The Morgan fingerprint density at radius 3 is 2.45 bits per heavy atom. The third-order valence-corrected chi connectivity index (χ3v) is 8.30. The van der Waals surface area contributed by atoms with Crippen LogP contribution in [0.15, 0.2) is 41.3 Å². The van der Waals surface area contributed by atoms with Gasteiger partial charge in [0, 0.05) is 28.4 Å². The second kappa shape index (κ2) is 9.15. The predicted octanol–water partition coefficient (Wildman–Crippen LogP) is 2.67. The quantitative estimate of drug-likeness (QED) is 0.499. The second-order valence-corrected chi connectivity index (χ2v) is 11.6. The highest BCUT2D eigenvalue weighted by atomic mass is 32.2. The van der Waals surface area contributed by atoms with Crippen molar-refractivity contribution in [2.45, 2.75) is 50.0 Å². The van der Waals surface area contributed by atoms with E-state index in [2.05, 4.69) is 4.98 Å². The molecule has 31 heavy (non-hydrogen) atoms. The molecule has 1 saturated heterocycles. The summed E-state index contributed by atoms with van der Waals surface area (Å²) in [6.07, 6.45) is 0. The van der Waals surface area contributed by atoms with Crippen molar-refractivity contribution >= 4 is 27.7 Å². The van der Waals surface area contributed by atoms with Crippen LogP contribution in [0.3, 0.4) is 0 Å². The minimum atomic E-state index is -3.95. The Labute approximate surface area is 187 Å². The zero-order valence-electron chi connectivity index (χ0n) is 18.0. The molecule has 168 valence electrons. The number of hydrogen-bond acceptors (Lipinski definition) is 7. The minimum absolute atomic E-state index is 0.0638. The lowest BCUT2D eigenvalue weighted by Crippen LogP contribution is -2.61. The first-order valence-electron chi connectivity index (χ1n) is 9.81. The van der Waals surface area contributed by atoms with Crippen molar-refractivity contribution in [1.82, 2.24) is 14.8 Å². The summed E-state index contributed by atoms with van der Waals surface area (Å²) in [5.41, 5.74) is 4.40. The topological polar surface area (TPSA) is 109 Å². The molecule has 1 fully saturated rings. The van der Waals surface area contributed by atoms with E-state index in [1.807, 2.05) is 26.0 Å². The average molecular weight is 466 g/mol. The number of hydrogen-bond donors (Lipinski definition) is 2. The van der Waals surface area contributed by atoms with E-state index in [0.29, 0.717) is 18.1 Å². The van der Waals surface area contributed by atoms with Crippen LogP contribution < -0.4 is 10.2 Å². The Morgan fingerprint density at radius 2 is 1.87 bits per heavy atom. The Morgan fingerprint density at radius 1 is 1.26 bits per heavy atom. The Hall–Kier alpha value is -2.14. The monoisotopic (exact) mass is 465 g/mol. The number of pyridine rings is 1. The number of carbonyl (C=O) groups excluding carboxylic acids is 1. The highest BCUT2D eigenvalue weighted by Gasteiger charge is 2.48. The number of sulfonamides is 1. The molecule has 0 bridgehead atoms. The molecule has 1 atom stereocenters. The average Bonchev–Trinajstić information content (AvgIpc) is 2.70. The molecule has 2 aromatic rings. The number of ether oxygens (including phenoxy) is 1. The summed E-state index contributed by atoms with van der Waals surface area (Å²) in [7, 11) is -3.95. The lowest BCUT2D eigenvalue weighted by atomic mass is 10.0. The number of aromatic nitrogens is 1. The van der Waals surface area contributed by atoms with E-state index in [-0.39, 0.29) is 11.4 Å². The molecule has 1 amide bonds. The van der Waals surface area contributed by atoms with Crippen LogP contribution in [0.5, 0.6) is 5.75 Å². The van der Waals surface area contributed by atoms with Gasteiger partial charge in [0.05, 0.1) is 4.90 Å². The first-order valence-corrected chi connectivity index (χ1v) is 12.2. The maximum atomic E-state index is 13.3. The van der Waals surface area contributed by atoms with Crippen LogP contribution >= 0.6 is 11.8 Å². The zero-order valence-corrected chi connectivity index (χ0v) is 19.6. The van der Waals surface area contributed by atoms with E-state index in [1.54, 1.807) is 31.5 Å². The van der Waals surface area contributed by atoms with E-state index in [4.69, 9.17) is 9.94 Å². The van der Waals surface area contributed by atoms with Crippen LogP contribution in [-0.2, 0) is 21.4 Å². The van der Waals surface area contributed by atoms with E-state index in [9.17, 15) is 13.2 Å². The fraction of sp³-hybridized carbons (Fsp3) is 0.429. The first kappa shape index (κ1) is 23.5. The van der Waals surface area contributed by atoms with Crippen LogP contribution in [0.4, 0.5) is 0 Å². The molecular formula is C21H27N3O5S2. The number of nitrogens with zero attached hydrogens (tertiary/aromatic N) is 2. The van der Waals surface area contributed by atoms with Gasteiger partial charge in [0.1, 0.15) is 18.4 Å². The second-order valence-electron chi connectivity index (χ2n) is 7.96. The largest absolute Gasteiger partial charge is 0.489 e.